The zero-order chi connectivity index (χ0) is 14.0. The van der Waals surface area contributed by atoms with Crippen molar-refractivity contribution >= 4 is 21.6 Å². The molecule has 2 unspecified atom stereocenters. The Bertz CT molecular complexity index is 502. The summed E-state index contributed by atoms with van der Waals surface area (Å²) in [4.78, 5) is 14.3. The lowest BCUT2D eigenvalue weighted by atomic mass is 9.90. The zero-order valence-corrected chi connectivity index (χ0v) is 13.1. The molecule has 19 heavy (non-hydrogen) atoms. The molecule has 2 N–H and O–H groups in total. The second-order valence-corrected chi connectivity index (χ2v) is 5.82. The van der Waals surface area contributed by atoms with Crippen LogP contribution in [-0.2, 0) is 6.54 Å². The normalized spacial score (nSPS) is 23.7. The van der Waals surface area contributed by atoms with Crippen LogP contribution < -0.4 is 16.2 Å². The van der Waals surface area contributed by atoms with E-state index >= 15 is 0 Å². The fraction of sp³-hybridized carbons (Fsp3) is 0.692. The van der Waals surface area contributed by atoms with Crippen LogP contribution in [-0.4, -0.2) is 28.9 Å². The molecule has 2 heterocycles. The molecule has 0 aliphatic carbocycles. The Morgan fingerprint density at radius 1 is 1.53 bits per heavy atom. The molecule has 6 heteroatoms. The van der Waals surface area contributed by atoms with Crippen LogP contribution in [0.2, 0.25) is 0 Å². The van der Waals surface area contributed by atoms with Gasteiger partial charge in [0, 0.05) is 25.7 Å². The monoisotopic (exact) mass is 328 g/mol. The van der Waals surface area contributed by atoms with E-state index in [2.05, 4.69) is 32.9 Å². The van der Waals surface area contributed by atoms with Gasteiger partial charge in [-0.2, -0.15) is 5.10 Å². The van der Waals surface area contributed by atoms with Gasteiger partial charge in [0.2, 0.25) is 0 Å². The summed E-state index contributed by atoms with van der Waals surface area (Å²) in [5.41, 5.74) is 6.95. The quantitative estimate of drug-likeness (QED) is 0.915. The molecule has 0 amide bonds. The summed E-state index contributed by atoms with van der Waals surface area (Å²) in [6, 6.07) is 0.268. The van der Waals surface area contributed by atoms with Crippen molar-refractivity contribution in [3.8, 4) is 0 Å². The summed E-state index contributed by atoms with van der Waals surface area (Å²) in [6.45, 7) is 6.44. The van der Waals surface area contributed by atoms with Crippen molar-refractivity contribution < 1.29 is 0 Å². The van der Waals surface area contributed by atoms with Gasteiger partial charge in [0.15, 0.2) is 0 Å². The number of anilines is 1. The molecule has 0 aromatic carbocycles. The maximum atomic E-state index is 12.1. The minimum Gasteiger partial charge on any atom is -0.369 e. The summed E-state index contributed by atoms with van der Waals surface area (Å²) >= 11 is 3.42. The van der Waals surface area contributed by atoms with Gasteiger partial charge >= 0.3 is 0 Å². The summed E-state index contributed by atoms with van der Waals surface area (Å²) in [5.74, 6) is 0.481. The summed E-state index contributed by atoms with van der Waals surface area (Å²) in [7, 11) is 0. The molecule has 1 aromatic heterocycles. The molecule has 5 nitrogen and oxygen atoms in total. The van der Waals surface area contributed by atoms with Crippen LogP contribution in [0.25, 0.3) is 0 Å². The Morgan fingerprint density at radius 2 is 2.26 bits per heavy atom. The predicted octanol–water partition coefficient (Wildman–Crippen LogP) is 1.59. The lowest BCUT2D eigenvalue weighted by Gasteiger charge is -2.38. The number of halogens is 1. The number of rotatable bonds is 3. The molecule has 0 bridgehead atoms. The second kappa shape index (κ2) is 6.05. The first-order valence-electron chi connectivity index (χ1n) is 6.84. The smallest absolute Gasteiger partial charge is 0.283 e. The molecule has 0 saturated carbocycles. The maximum Gasteiger partial charge on any atom is 0.283 e. The van der Waals surface area contributed by atoms with Crippen molar-refractivity contribution in [1.29, 1.82) is 0 Å². The van der Waals surface area contributed by atoms with Gasteiger partial charge in [-0.05, 0) is 35.2 Å². The topological polar surface area (TPSA) is 64.2 Å². The highest BCUT2D eigenvalue weighted by Gasteiger charge is 2.27. The van der Waals surface area contributed by atoms with Crippen LogP contribution in [0.1, 0.15) is 26.7 Å². The van der Waals surface area contributed by atoms with Crippen molar-refractivity contribution in [3.05, 3.63) is 21.0 Å². The first kappa shape index (κ1) is 14.5. The first-order chi connectivity index (χ1) is 9.08. The van der Waals surface area contributed by atoms with E-state index < -0.39 is 0 Å². The Kier molecular flexibility index (Phi) is 4.62. The van der Waals surface area contributed by atoms with E-state index in [9.17, 15) is 4.79 Å². The fourth-order valence-electron chi connectivity index (χ4n) is 2.60. The van der Waals surface area contributed by atoms with Gasteiger partial charge in [0.25, 0.3) is 5.56 Å². The van der Waals surface area contributed by atoms with Crippen LogP contribution >= 0.6 is 15.9 Å². The molecule has 106 valence electrons. The minimum absolute atomic E-state index is 0.0667. The molecule has 1 saturated heterocycles. The molecule has 0 spiro atoms. The van der Waals surface area contributed by atoms with Gasteiger partial charge in [0.05, 0.1) is 11.9 Å². The largest absolute Gasteiger partial charge is 0.369 e. The lowest BCUT2D eigenvalue weighted by Crippen LogP contribution is -2.47. The number of piperidine rings is 1. The molecule has 2 rings (SSSR count). The predicted molar refractivity (Wildman–Crippen MR) is 80.5 cm³/mol. The highest BCUT2D eigenvalue weighted by molar-refractivity contribution is 9.10. The fourth-order valence-corrected chi connectivity index (χ4v) is 3.16. The number of hydrogen-bond acceptors (Lipinski definition) is 4. The second-order valence-electron chi connectivity index (χ2n) is 5.03. The SMILES string of the molecule is CCC1CN(c2cnn(CC)c(=O)c2Br)CCC1N. The van der Waals surface area contributed by atoms with E-state index in [0.29, 0.717) is 16.9 Å². The van der Waals surface area contributed by atoms with Crippen molar-refractivity contribution in [2.75, 3.05) is 18.0 Å². The van der Waals surface area contributed by atoms with Gasteiger partial charge in [-0.3, -0.25) is 4.79 Å². The van der Waals surface area contributed by atoms with Crippen LogP contribution in [0.15, 0.2) is 15.5 Å². The molecular weight excluding hydrogens is 308 g/mol. The number of nitrogens with zero attached hydrogens (tertiary/aromatic N) is 3. The van der Waals surface area contributed by atoms with Crippen molar-refractivity contribution in [2.45, 2.75) is 39.3 Å². The Labute approximate surface area is 121 Å². The Hall–Kier alpha value is -0.880. The van der Waals surface area contributed by atoms with Crippen molar-refractivity contribution in [1.82, 2.24) is 9.78 Å². The first-order valence-corrected chi connectivity index (χ1v) is 7.63. The Morgan fingerprint density at radius 3 is 2.89 bits per heavy atom. The van der Waals surface area contributed by atoms with Crippen LogP contribution in [0.3, 0.4) is 0 Å². The standard InChI is InChI=1S/C13H21BrN4O/c1-3-9-8-17(6-5-10(9)15)11-7-16-18(4-2)13(19)12(11)14/h7,9-10H,3-6,8,15H2,1-2H3. The van der Waals surface area contributed by atoms with Crippen molar-refractivity contribution in [3.63, 3.8) is 0 Å². The minimum atomic E-state index is -0.0667. The summed E-state index contributed by atoms with van der Waals surface area (Å²) < 4.78 is 2.07. The molecule has 1 aliphatic heterocycles. The lowest BCUT2D eigenvalue weighted by molar-refractivity contribution is 0.347. The van der Waals surface area contributed by atoms with E-state index in [1.807, 2.05) is 6.92 Å². The van der Waals surface area contributed by atoms with E-state index in [1.165, 1.54) is 4.68 Å². The van der Waals surface area contributed by atoms with Crippen LogP contribution in [0.4, 0.5) is 5.69 Å². The third-order valence-corrected chi connectivity index (χ3v) is 4.67. The van der Waals surface area contributed by atoms with E-state index in [4.69, 9.17) is 5.73 Å². The highest BCUT2D eigenvalue weighted by atomic mass is 79.9. The number of aromatic nitrogens is 2. The van der Waals surface area contributed by atoms with E-state index in [0.717, 1.165) is 31.6 Å². The molecule has 1 fully saturated rings. The van der Waals surface area contributed by atoms with Crippen molar-refractivity contribution in [2.24, 2.45) is 11.7 Å². The molecule has 0 radical (unpaired) electrons. The van der Waals surface area contributed by atoms with Crippen LogP contribution in [0.5, 0.6) is 0 Å². The molecule has 1 aliphatic rings. The molecule has 2 atom stereocenters. The van der Waals surface area contributed by atoms with Gasteiger partial charge in [0.1, 0.15) is 4.47 Å². The van der Waals surface area contributed by atoms with Gasteiger partial charge in [-0.25, -0.2) is 4.68 Å². The molecule has 1 aromatic rings. The number of nitrogens with two attached hydrogens (primary N) is 1. The van der Waals surface area contributed by atoms with E-state index in [1.54, 1.807) is 6.20 Å². The van der Waals surface area contributed by atoms with Gasteiger partial charge in [-0.15, -0.1) is 0 Å². The molecular formula is C13H21BrN4O. The average Bonchev–Trinajstić information content (AvgIpc) is 2.43. The third-order valence-electron chi connectivity index (χ3n) is 3.92. The summed E-state index contributed by atoms with van der Waals surface area (Å²) in [6.07, 6.45) is 3.80. The Balaban J connectivity index is 2.28. The maximum absolute atomic E-state index is 12.1. The van der Waals surface area contributed by atoms with Gasteiger partial charge < -0.3 is 10.6 Å². The summed E-state index contributed by atoms with van der Waals surface area (Å²) in [5, 5.41) is 4.20. The zero-order valence-electron chi connectivity index (χ0n) is 11.5. The van der Waals surface area contributed by atoms with Crippen LogP contribution in [0, 0.1) is 5.92 Å². The third kappa shape index (κ3) is 2.84. The number of aryl methyl sites for hydroxylation is 1. The highest BCUT2D eigenvalue weighted by Crippen LogP contribution is 2.27. The van der Waals surface area contributed by atoms with Gasteiger partial charge in [-0.1, -0.05) is 13.3 Å². The van der Waals surface area contributed by atoms with E-state index in [-0.39, 0.29) is 11.6 Å². The average molecular weight is 329 g/mol. The number of hydrogen-bond donors (Lipinski definition) is 1.